The van der Waals surface area contributed by atoms with Crippen molar-refractivity contribution >= 4 is 23.4 Å². The molecule has 0 aliphatic rings. The fourth-order valence-electron chi connectivity index (χ4n) is 1.99. The first kappa shape index (κ1) is 15.4. The van der Waals surface area contributed by atoms with Crippen LogP contribution in [0.15, 0.2) is 53.4 Å². The molecule has 0 heterocycles. The number of hydrogen-bond acceptors (Lipinski definition) is 2. The molecule has 0 fully saturated rings. The molecular weight excluding hydrogens is 286 g/mol. The van der Waals surface area contributed by atoms with Gasteiger partial charge in [0.2, 0.25) is 0 Å². The van der Waals surface area contributed by atoms with E-state index >= 15 is 0 Å². The highest BCUT2D eigenvalue weighted by atomic mass is 35.5. The summed E-state index contributed by atoms with van der Waals surface area (Å²) < 4.78 is 0. The summed E-state index contributed by atoms with van der Waals surface area (Å²) >= 11 is 7.95. The number of thioether (sulfide) groups is 1. The molecular formula is C17H20ClNS. The third-order valence-corrected chi connectivity index (χ3v) is 4.68. The van der Waals surface area contributed by atoms with Crippen molar-refractivity contribution in [3.63, 3.8) is 0 Å². The molecule has 106 valence electrons. The molecule has 0 saturated heterocycles. The van der Waals surface area contributed by atoms with E-state index in [9.17, 15) is 0 Å². The van der Waals surface area contributed by atoms with Crippen molar-refractivity contribution < 1.29 is 0 Å². The Morgan fingerprint density at radius 1 is 1.15 bits per heavy atom. The average molecular weight is 306 g/mol. The molecule has 2 rings (SSSR count). The van der Waals surface area contributed by atoms with Gasteiger partial charge in [0, 0.05) is 21.7 Å². The Morgan fingerprint density at radius 3 is 2.60 bits per heavy atom. The first-order valence-electron chi connectivity index (χ1n) is 6.89. The molecule has 0 amide bonds. The van der Waals surface area contributed by atoms with Crippen LogP contribution < -0.4 is 5.73 Å². The lowest BCUT2D eigenvalue weighted by molar-refractivity contribution is 0.641. The Kier molecular flexibility index (Phi) is 5.96. The number of rotatable bonds is 6. The van der Waals surface area contributed by atoms with Gasteiger partial charge in [0.05, 0.1) is 0 Å². The number of benzene rings is 2. The van der Waals surface area contributed by atoms with E-state index in [4.69, 9.17) is 17.3 Å². The van der Waals surface area contributed by atoms with E-state index in [1.54, 1.807) is 0 Å². The van der Waals surface area contributed by atoms with Gasteiger partial charge in [-0.1, -0.05) is 54.9 Å². The molecule has 2 N–H and O–H groups in total. The quantitative estimate of drug-likeness (QED) is 0.767. The second kappa shape index (κ2) is 7.72. The SMILES string of the molecule is CCC(N)Cc1ccc(Cl)cc1SCc1ccccc1. The first-order chi connectivity index (χ1) is 9.69. The molecule has 0 radical (unpaired) electrons. The van der Waals surface area contributed by atoms with Crippen molar-refractivity contribution in [1.29, 1.82) is 0 Å². The molecule has 2 aromatic carbocycles. The lowest BCUT2D eigenvalue weighted by atomic mass is 10.1. The van der Waals surface area contributed by atoms with E-state index < -0.39 is 0 Å². The number of nitrogens with two attached hydrogens (primary N) is 1. The molecule has 0 bridgehead atoms. The van der Waals surface area contributed by atoms with Crippen LogP contribution in [0, 0.1) is 0 Å². The van der Waals surface area contributed by atoms with Gasteiger partial charge in [-0.25, -0.2) is 0 Å². The molecule has 1 unspecified atom stereocenters. The summed E-state index contributed by atoms with van der Waals surface area (Å²) in [7, 11) is 0. The second-order valence-electron chi connectivity index (χ2n) is 4.90. The van der Waals surface area contributed by atoms with Gasteiger partial charge in [-0.2, -0.15) is 0 Å². The van der Waals surface area contributed by atoms with Crippen molar-refractivity contribution in [1.82, 2.24) is 0 Å². The first-order valence-corrected chi connectivity index (χ1v) is 8.26. The van der Waals surface area contributed by atoms with Crippen LogP contribution >= 0.6 is 23.4 Å². The van der Waals surface area contributed by atoms with Crippen LogP contribution in [0.1, 0.15) is 24.5 Å². The van der Waals surface area contributed by atoms with Gasteiger partial charge in [0.1, 0.15) is 0 Å². The van der Waals surface area contributed by atoms with Gasteiger partial charge < -0.3 is 5.73 Å². The maximum Gasteiger partial charge on any atom is 0.0417 e. The van der Waals surface area contributed by atoms with Gasteiger partial charge in [-0.05, 0) is 36.1 Å². The van der Waals surface area contributed by atoms with E-state index in [1.807, 2.05) is 30.0 Å². The minimum atomic E-state index is 0.215. The lowest BCUT2D eigenvalue weighted by Gasteiger charge is -2.13. The summed E-state index contributed by atoms with van der Waals surface area (Å²) in [5, 5.41) is 0.786. The highest BCUT2D eigenvalue weighted by Gasteiger charge is 2.08. The minimum absolute atomic E-state index is 0.215. The third kappa shape index (κ3) is 4.55. The summed E-state index contributed by atoms with van der Waals surface area (Å²) in [5.74, 6) is 0.954. The molecule has 3 heteroatoms. The van der Waals surface area contributed by atoms with E-state index in [1.165, 1.54) is 16.0 Å². The van der Waals surface area contributed by atoms with Gasteiger partial charge >= 0.3 is 0 Å². The number of hydrogen-bond donors (Lipinski definition) is 1. The van der Waals surface area contributed by atoms with Gasteiger partial charge in [-0.3, -0.25) is 0 Å². The standard InChI is InChI=1S/C17H20ClNS/c1-2-16(19)10-14-8-9-15(18)11-17(14)20-12-13-6-4-3-5-7-13/h3-9,11,16H,2,10,12,19H2,1H3. The normalized spacial score (nSPS) is 12.3. The maximum absolute atomic E-state index is 6.12. The van der Waals surface area contributed by atoms with Gasteiger partial charge in [0.25, 0.3) is 0 Å². The zero-order chi connectivity index (χ0) is 14.4. The van der Waals surface area contributed by atoms with E-state index in [-0.39, 0.29) is 6.04 Å². The Labute approximate surface area is 130 Å². The van der Waals surface area contributed by atoms with Crippen LogP contribution in [0.2, 0.25) is 5.02 Å². The van der Waals surface area contributed by atoms with Crippen LogP contribution in [0.25, 0.3) is 0 Å². The fourth-order valence-corrected chi connectivity index (χ4v) is 3.29. The molecule has 0 saturated carbocycles. The summed E-state index contributed by atoms with van der Waals surface area (Å²) in [6.07, 6.45) is 1.90. The van der Waals surface area contributed by atoms with Crippen molar-refractivity contribution in [2.24, 2.45) is 5.73 Å². The zero-order valence-corrected chi connectivity index (χ0v) is 13.3. The summed E-state index contributed by atoms with van der Waals surface area (Å²) in [5.41, 5.74) is 8.70. The van der Waals surface area contributed by atoms with Crippen LogP contribution in [-0.4, -0.2) is 6.04 Å². The highest BCUT2D eigenvalue weighted by molar-refractivity contribution is 7.98. The topological polar surface area (TPSA) is 26.0 Å². The van der Waals surface area contributed by atoms with Crippen molar-refractivity contribution in [3.8, 4) is 0 Å². The highest BCUT2D eigenvalue weighted by Crippen LogP contribution is 2.30. The Balaban J connectivity index is 2.11. The van der Waals surface area contributed by atoms with Gasteiger partial charge in [-0.15, -0.1) is 11.8 Å². The lowest BCUT2D eigenvalue weighted by Crippen LogP contribution is -2.21. The Bertz CT molecular complexity index is 542. The van der Waals surface area contributed by atoms with Crippen molar-refractivity contribution in [3.05, 3.63) is 64.7 Å². The Hall–Kier alpha value is -0.960. The van der Waals surface area contributed by atoms with Crippen molar-refractivity contribution in [2.45, 2.75) is 36.5 Å². The van der Waals surface area contributed by atoms with Crippen LogP contribution in [-0.2, 0) is 12.2 Å². The van der Waals surface area contributed by atoms with Crippen LogP contribution in [0.5, 0.6) is 0 Å². The molecule has 0 spiro atoms. The van der Waals surface area contributed by atoms with Crippen LogP contribution in [0.3, 0.4) is 0 Å². The molecule has 0 aliphatic heterocycles. The molecule has 1 atom stereocenters. The zero-order valence-electron chi connectivity index (χ0n) is 11.7. The Morgan fingerprint density at radius 2 is 1.90 bits per heavy atom. The molecule has 1 nitrogen and oxygen atoms in total. The number of halogens is 1. The van der Waals surface area contributed by atoms with Crippen LogP contribution in [0.4, 0.5) is 0 Å². The summed E-state index contributed by atoms with van der Waals surface area (Å²) in [4.78, 5) is 1.24. The minimum Gasteiger partial charge on any atom is -0.327 e. The summed E-state index contributed by atoms with van der Waals surface area (Å²) in [6, 6.07) is 16.8. The molecule has 20 heavy (non-hydrogen) atoms. The van der Waals surface area contributed by atoms with E-state index in [0.717, 1.165) is 23.6 Å². The predicted molar refractivity (Wildman–Crippen MR) is 89.4 cm³/mol. The largest absolute Gasteiger partial charge is 0.327 e. The predicted octanol–water partition coefficient (Wildman–Crippen LogP) is 4.91. The fraction of sp³-hybridized carbons (Fsp3) is 0.294. The molecule has 0 aliphatic carbocycles. The smallest absolute Gasteiger partial charge is 0.0417 e. The monoisotopic (exact) mass is 305 g/mol. The van der Waals surface area contributed by atoms with E-state index in [0.29, 0.717) is 0 Å². The van der Waals surface area contributed by atoms with Gasteiger partial charge in [0.15, 0.2) is 0 Å². The summed E-state index contributed by atoms with van der Waals surface area (Å²) in [6.45, 7) is 2.12. The molecule has 2 aromatic rings. The van der Waals surface area contributed by atoms with E-state index in [2.05, 4.69) is 37.3 Å². The van der Waals surface area contributed by atoms with Crippen molar-refractivity contribution in [2.75, 3.05) is 0 Å². The molecule has 0 aromatic heterocycles. The average Bonchev–Trinajstić information content (AvgIpc) is 2.48. The second-order valence-corrected chi connectivity index (χ2v) is 6.35. The third-order valence-electron chi connectivity index (χ3n) is 3.27. The maximum atomic E-state index is 6.12.